The molecule has 2 aromatic rings. The highest BCUT2D eigenvalue weighted by molar-refractivity contribution is 7.87. The molecule has 1 aliphatic rings. The molecule has 23 heavy (non-hydrogen) atoms. The lowest BCUT2D eigenvalue weighted by Gasteiger charge is -2.11. The first-order valence-electron chi connectivity index (χ1n) is 6.76. The molecule has 10 heteroatoms. The number of halogens is 3. The molecular formula is C13H12F3N3O3S. The summed E-state index contributed by atoms with van der Waals surface area (Å²) in [4.78, 5) is 7.72. The number of anilines is 1. The second-order valence-electron chi connectivity index (χ2n) is 5.21. The van der Waals surface area contributed by atoms with Crippen molar-refractivity contribution in [1.82, 2.24) is 9.97 Å². The van der Waals surface area contributed by atoms with E-state index < -0.39 is 21.5 Å². The average Bonchev–Trinajstić information content (AvgIpc) is 3.27. The van der Waals surface area contributed by atoms with E-state index in [9.17, 15) is 21.6 Å². The molecular weight excluding hydrogens is 335 g/mol. The van der Waals surface area contributed by atoms with Crippen LogP contribution < -0.4 is 9.50 Å². The van der Waals surface area contributed by atoms with E-state index in [1.54, 1.807) is 6.07 Å². The number of alkyl halides is 3. The smallest absolute Gasteiger partial charge is 0.369 e. The van der Waals surface area contributed by atoms with Crippen LogP contribution in [0.5, 0.6) is 5.88 Å². The Morgan fingerprint density at radius 2 is 2.04 bits per heavy atom. The third-order valence-electron chi connectivity index (χ3n) is 3.36. The molecule has 1 N–H and O–H groups in total. The first-order valence-corrected chi connectivity index (χ1v) is 8.16. The SMILES string of the molecule is O=S(=O)(Oc1cc2c(NCC3CC3)nccc2cn1)C(F)(F)F. The van der Waals surface area contributed by atoms with Crippen molar-refractivity contribution in [2.75, 3.05) is 11.9 Å². The Morgan fingerprint density at radius 3 is 2.70 bits per heavy atom. The molecule has 0 spiro atoms. The summed E-state index contributed by atoms with van der Waals surface area (Å²) in [5.41, 5.74) is -5.51. The zero-order chi connectivity index (χ0) is 16.7. The van der Waals surface area contributed by atoms with Crippen molar-refractivity contribution in [2.24, 2.45) is 5.92 Å². The highest BCUT2D eigenvalue weighted by Crippen LogP contribution is 2.31. The summed E-state index contributed by atoms with van der Waals surface area (Å²) >= 11 is 0. The van der Waals surface area contributed by atoms with Gasteiger partial charge in [-0.2, -0.15) is 21.6 Å². The van der Waals surface area contributed by atoms with Gasteiger partial charge in [0.1, 0.15) is 5.82 Å². The van der Waals surface area contributed by atoms with E-state index in [0.29, 0.717) is 29.1 Å². The van der Waals surface area contributed by atoms with E-state index in [0.717, 1.165) is 18.9 Å². The summed E-state index contributed by atoms with van der Waals surface area (Å²) in [6, 6.07) is 2.74. The van der Waals surface area contributed by atoms with E-state index in [-0.39, 0.29) is 0 Å². The molecule has 0 aliphatic heterocycles. The quantitative estimate of drug-likeness (QED) is 0.662. The van der Waals surface area contributed by atoms with Crippen LogP contribution in [-0.2, 0) is 10.1 Å². The summed E-state index contributed by atoms with van der Waals surface area (Å²) < 4.78 is 63.2. The Bertz CT molecular complexity index is 835. The molecule has 1 aliphatic carbocycles. The predicted molar refractivity (Wildman–Crippen MR) is 76.4 cm³/mol. The van der Waals surface area contributed by atoms with Crippen LogP contribution in [0.1, 0.15) is 12.8 Å². The van der Waals surface area contributed by atoms with Crippen LogP contribution >= 0.6 is 0 Å². The van der Waals surface area contributed by atoms with Gasteiger partial charge in [-0.1, -0.05) is 0 Å². The second-order valence-corrected chi connectivity index (χ2v) is 6.75. The van der Waals surface area contributed by atoms with Gasteiger partial charge in [-0.15, -0.1) is 0 Å². The molecule has 3 rings (SSSR count). The number of hydrogen-bond donors (Lipinski definition) is 1. The van der Waals surface area contributed by atoms with Crippen molar-refractivity contribution < 1.29 is 25.8 Å². The largest absolute Gasteiger partial charge is 0.534 e. The number of pyridine rings is 2. The molecule has 0 bridgehead atoms. The lowest BCUT2D eigenvalue weighted by atomic mass is 10.2. The Balaban J connectivity index is 1.92. The van der Waals surface area contributed by atoms with Crippen LogP contribution in [-0.4, -0.2) is 30.4 Å². The molecule has 2 aromatic heterocycles. The van der Waals surface area contributed by atoms with Gasteiger partial charge in [0.15, 0.2) is 0 Å². The van der Waals surface area contributed by atoms with Crippen LogP contribution in [0.2, 0.25) is 0 Å². The lowest BCUT2D eigenvalue weighted by Crippen LogP contribution is -2.28. The van der Waals surface area contributed by atoms with Gasteiger partial charge in [0, 0.05) is 35.8 Å². The van der Waals surface area contributed by atoms with E-state index in [1.807, 2.05) is 0 Å². The fourth-order valence-corrected chi connectivity index (χ4v) is 2.37. The minimum atomic E-state index is -5.75. The van der Waals surface area contributed by atoms with Crippen molar-refractivity contribution in [3.8, 4) is 5.88 Å². The minimum Gasteiger partial charge on any atom is -0.369 e. The monoisotopic (exact) mass is 347 g/mol. The Morgan fingerprint density at radius 1 is 1.30 bits per heavy atom. The van der Waals surface area contributed by atoms with E-state index in [1.165, 1.54) is 12.4 Å². The molecule has 0 radical (unpaired) electrons. The molecule has 6 nitrogen and oxygen atoms in total. The topological polar surface area (TPSA) is 81.2 Å². The maximum atomic E-state index is 12.4. The Kier molecular flexibility index (Phi) is 3.78. The van der Waals surface area contributed by atoms with Crippen molar-refractivity contribution in [3.05, 3.63) is 24.5 Å². The third-order valence-corrected chi connectivity index (χ3v) is 4.31. The molecule has 0 aromatic carbocycles. The summed E-state index contributed by atoms with van der Waals surface area (Å²) in [7, 11) is -5.75. The van der Waals surface area contributed by atoms with Gasteiger partial charge >= 0.3 is 15.6 Å². The van der Waals surface area contributed by atoms with Crippen LogP contribution in [0.25, 0.3) is 10.8 Å². The van der Waals surface area contributed by atoms with Gasteiger partial charge < -0.3 is 9.50 Å². The van der Waals surface area contributed by atoms with Gasteiger partial charge in [0.05, 0.1) is 0 Å². The molecule has 0 saturated heterocycles. The maximum Gasteiger partial charge on any atom is 0.534 e. The molecule has 0 unspecified atom stereocenters. The standard InChI is InChI=1S/C13H12F3N3O3S/c14-13(15,16)23(20,21)22-11-5-10-9(7-18-11)3-4-17-12(10)19-6-8-1-2-8/h3-5,7-8H,1-2,6H2,(H,17,19). The van der Waals surface area contributed by atoms with E-state index in [2.05, 4.69) is 19.5 Å². The molecule has 0 atom stereocenters. The number of fused-ring (bicyclic) bond motifs is 1. The van der Waals surface area contributed by atoms with Gasteiger partial charge in [0.2, 0.25) is 5.88 Å². The molecule has 1 fully saturated rings. The molecule has 124 valence electrons. The van der Waals surface area contributed by atoms with Gasteiger partial charge in [0.25, 0.3) is 0 Å². The van der Waals surface area contributed by atoms with E-state index in [4.69, 9.17) is 0 Å². The van der Waals surface area contributed by atoms with Crippen LogP contribution in [0.15, 0.2) is 24.5 Å². The zero-order valence-corrected chi connectivity index (χ0v) is 12.5. The van der Waals surface area contributed by atoms with Gasteiger partial charge in [-0.05, 0) is 24.8 Å². The fraction of sp³-hybridized carbons (Fsp3) is 0.385. The number of nitrogens with zero attached hydrogens (tertiary/aromatic N) is 2. The molecule has 0 amide bonds. The fourth-order valence-electron chi connectivity index (χ4n) is 1.96. The zero-order valence-electron chi connectivity index (χ0n) is 11.7. The van der Waals surface area contributed by atoms with E-state index >= 15 is 0 Å². The summed E-state index contributed by atoms with van der Waals surface area (Å²) in [5.74, 6) is 0.360. The number of aromatic nitrogens is 2. The number of rotatable bonds is 5. The van der Waals surface area contributed by atoms with Crippen molar-refractivity contribution in [2.45, 2.75) is 18.3 Å². The van der Waals surface area contributed by atoms with Crippen molar-refractivity contribution in [1.29, 1.82) is 0 Å². The maximum absolute atomic E-state index is 12.4. The normalized spacial score (nSPS) is 15.6. The third kappa shape index (κ3) is 3.46. The highest BCUT2D eigenvalue weighted by Gasteiger charge is 2.48. The Hall–Kier alpha value is -2.10. The summed E-state index contributed by atoms with van der Waals surface area (Å²) in [6.07, 6.45) is 5.02. The molecule has 2 heterocycles. The molecule has 1 saturated carbocycles. The van der Waals surface area contributed by atoms with Crippen molar-refractivity contribution >= 4 is 26.7 Å². The van der Waals surface area contributed by atoms with Gasteiger partial charge in [-0.3, -0.25) is 0 Å². The number of hydrogen-bond acceptors (Lipinski definition) is 6. The predicted octanol–water partition coefficient (Wildman–Crippen LogP) is 2.68. The lowest BCUT2D eigenvalue weighted by molar-refractivity contribution is -0.0501. The first-order chi connectivity index (χ1) is 10.8. The number of nitrogens with one attached hydrogen (secondary N) is 1. The van der Waals surface area contributed by atoms with Crippen LogP contribution in [0.4, 0.5) is 19.0 Å². The van der Waals surface area contributed by atoms with Crippen molar-refractivity contribution in [3.63, 3.8) is 0 Å². The van der Waals surface area contributed by atoms with Crippen LogP contribution in [0.3, 0.4) is 0 Å². The summed E-state index contributed by atoms with van der Waals surface area (Å²) in [6.45, 7) is 0.700. The minimum absolute atomic E-state index is 0.440. The van der Waals surface area contributed by atoms with Gasteiger partial charge in [-0.25, -0.2) is 9.97 Å². The summed E-state index contributed by atoms with van der Waals surface area (Å²) in [5, 5.41) is 4.15. The van der Waals surface area contributed by atoms with Crippen LogP contribution in [0, 0.1) is 5.92 Å². The first kappa shape index (κ1) is 15.8. The average molecular weight is 347 g/mol. The highest BCUT2D eigenvalue weighted by atomic mass is 32.2. The Labute approximate surface area is 129 Å². The second kappa shape index (κ2) is 5.52.